The largest absolute Gasteiger partial charge is 0.354 e. The van der Waals surface area contributed by atoms with E-state index in [4.69, 9.17) is 11.6 Å². The Bertz CT molecular complexity index is 1080. The van der Waals surface area contributed by atoms with E-state index in [0.29, 0.717) is 22.8 Å². The molecule has 0 radical (unpaired) electrons. The summed E-state index contributed by atoms with van der Waals surface area (Å²) in [6.07, 6.45) is 2.03. The molecule has 10 heteroatoms. The van der Waals surface area contributed by atoms with Crippen LogP contribution >= 0.6 is 11.6 Å². The molecule has 186 valence electrons. The number of carbonyl (C=O) groups is 2. The number of anilines is 1. The zero-order valence-corrected chi connectivity index (χ0v) is 21.2. The lowest BCUT2D eigenvalue weighted by Crippen LogP contribution is -2.48. The molecular weight excluding hydrogens is 481 g/mol. The summed E-state index contributed by atoms with van der Waals surface area (Å²) in [6, 6.07) is 11.6. The fraction of sp³-hybridized carbons (Fsp3) is 0.417. The molecule has 0 spiro atoms. The smallest absolute Gasteiger partial charge is 0.242 e. The Morgan fingerprint density at radius 2 is 1.76 bits per heavy atom. The van der Waals surface area contributed by atoms with Gasteiger partial charge in [0.25, 0.3) is 0 Å². The number of sulfonamides is 1. The lowest BCUT2D eigenvalue weighted by atomic mass is 10.1. The summed E-state index contributed by atoms with van der Waals surface area (Å²) in [5.74, 6) is -1.16. The molecule has 1 atom stereocenters. The summed E-state index contributed by atoms with van der Waals surface area (Å²) in [5, 5.41) is 3.24. The maximum Gasteiger partial charge on any atom is 0.242 e. The van der Waals surface area contributed by atoms with Gasteiger partial charge in [-0.15, -0.1) is 0 Å². The maximum absolute atomic E-state index is 14.3. The number of benzene rings is 2. The average molecular weight is 512 g/mol. The summed E-state index contributed by atoms with van der Waals surface area (Å²) in [6.45, 7) is 3.98. The molecule has 0 saturated carbocycles. The number of nitrogens with one attached hydrogen (secondary N) is 1. The van der Waals surface area contributed by atoms with Crippen molar-refractivity contribution in [3.8, 4) is 0 Å². The van der Waals surface area contributed by atoms with Crippen molar-refractivity contribution in [3.63, 3.8) is 0 Å². The summed E-state index contributed by atoms with van der Waals surface area (Å²) < 4.78 is 40.1. The number of carbonyl (C=O) groups excluding carboxylic acids is 2. The molecule has 2 rings (SSSR count). The second-order valence-corrected chi connectivity index (χ2v) is 10.3. The lowest BCUT2D eigenvalue weighted by Gasteiger charge is -2.29. The van der Waals surface area contributed by atoms with Crippen molar-refractivity contribution in [1.82, 2.24) is 10.2 Å². The molecular formula is C24H31ClFN3O4S. The number of amides is 2. The highest BCUT2D eigenvalue weighted by Crippen LogP contribution is 2.21. The van der Waals surface area contributed by atoms with Gasteiger partial charge in [0.1, 0.15) is 11.9 Å². The highest BCUT2D eigenvalue weighted by atomic mass is 35.5. The Kier molecular flexibility index (Phi) is 10.3. The summed E-state index contributed by atoms with van der Waals surface area (Å²) in [4.78, 5) is 27.0. The number of halogens is 2. The second kappa shape index (κ2) is 12.7. The van der Waals surface area contributed by atoms with E-state index in [2.05, 4.69) is 5.32 Å². The Morgan fingerprint density at radius 1 is 1.12 bits per heavy atom. The first kappa shape index (κ1) is 27.6. The summed E-state index contributed by atoms with van der Waals surface area (Å²) >= 11 is 5.90. The van der Waals surface area contributed by atoms with Gasteiger partial charge in [0.05, 0.1) is 11.9 Å². The molecule has 34 heavy (non-hydrogen) atoms. The SMILES string of the molecule is CCCNC(=O)C(C)N(Cc1ccccc1F)C(=O)CCCN(c1ccc(Cl)cc1)S(C)(=O)=O. The van der Waals surface area contributed by atoms with Gasteiger partial charge in [-0.2, -0.15) is 0 Å². The molecule has 0 aromatic heterocycles. The Morgan fingerprint density at radius 3 is 2.35 bits per heavy atom. The van der Waals surface area contributed by atoms with E-state index in [9.17, 15) is 22.4 Å². The Labute approximate surface area is 205 Å². The summed E-state index contributed by atoms with van der Waals surface area (Å²) in [5.41, 5.74) is 0.736. The van der Waals surface area contributed by atoms with Gasteiger partial charge in [-0.3, -0.25) is 13.9 Å². The van der Waals surface area contributed by atoms with Crippen molar-refractivity contribution < 1.29 is 22.4 Å². The van der Waals surface area contributed by atoms with Crippen molar-refractivity contribution in [2.24, 2.45) is 0 Å². The van der Waals surface area contributed by atoms with E-state index in [0.717, 1.165) is 12.7 Å². The second-order valence-electron chi connectivity index (χ2n) is 8.00. The van der Waals surface area contributed by atoms with E-state index in [1.807, 2.05) is 6.92 Å². The molecule has 7 nitrogen and oxygen atoms in total. The van der Waals surface area contributed by atoms with Crippen LogP contribution < -0.4 is 9.62 Å². The van der Waals surface area contributed by atoms with Crippen LogP contribution in [0.4, 0.5) is 10.1 Å². The van der Waals surface area contributed by atoms with Crippen LogP contribution in [0.5, 0.6) is 0 Å². The fourth-order valence-electron chi connectivity index (χ4n) is 3.40. The quantitative estimate of drug-likeness (QED) is 0.467. The Hall–Kier alpha value is -2.65. The van der Waals surface area contributed by atoms with E-state index in [1.54, 1.807) is 49.4 Å². The molecule has 0 fully saturated rings. The number of hydrogen-bond donors (Lipinski definition) is 1. The van der Waals surface area contributed by atoms with Gasteiger partial charge in [0.2, 0.25) is 21.8 Å². The van der Waals surface area contributed by atoms with E-state index in [1.165, 1.54) is 15.3 Å². The van der Waals surface area contributed by atoms with Gasteiger partial charge in [-0.05, 0) is 50.1 Å². The fourth-order valence-corrected chi connectivity index (χ4v) is 4.49. The van der Waals surface area contributed by atoms with Crippen LogP contribution in [-0.2, 0) is 26.2 Å². The molecule has 0 aliphatic carbocycles. The van der Waals surface area contributed by atoms with E-state index >= 15 is 0 Å². The van der Waals surface area contributed by atoms with Crippen LogP contribution in [-0.4, -0.2) is 50.5 Å². The third-order valence-corrected chi connectivity index (χ3v) is 6.73. The molecule has 2 amide bonds. The van der Waals surface area contributed by atoms with Crippen molar-refractivity contribution in [2.75, 3.05) is 23.7 Å². The molecule has 0 aliphatic rings. The van der Waals surface area contributed by atoms with Crippen molar-refractivity contribution in [3.05, 3.63) is 64.9 Å². The molecule has 1 unspecified atom stereocenters. The van der Waals surface area contributed by atoms with Crippen molar-refractivity contribution in [2.45, 2.75) is 45.7 Å². The number of rotatable bonds is 12. The standard InChI is InChI=1S/C24H31ClFN3O4S/c1-4-15-27-24(31)18(2)28(17-19-8-5-6-9-22(19)26)23(30)10-7-16-29(34(3,32)33)21-13-11-20(25)12-14-21/h5-6,8-9,11-14,18H,4,7,10,15-17H2,1-3H3,(H,27,31). The van der Waals surface area contributed by atoms with Crippen LogP contribution in [0.2, 0.25) is 5.02 Å². The van der Waals surface area contributed by atoms with E-state index < -0.39 is 21.9 Å². The van der Waals surface area contributed by atoms with E-state index in [-0.39, 0.29) is 37.7 Å². The van der Waals surface area contributed by atoms with Crippen LogP contribution in [0.3, 0.4) is 0 Å². The van der Waals surface area contributed by atoms with Gasteiger partial charge in [0.15, 0.2) is 0 Å². The van der Waals surface area contributed by atoms with Gasteiger partial charge < -0.3 is 10.2 Å². The zero-order chi connectivity index (χ0) is 25.3. The molecule has 0 saturated heterocycles. The predicted molar refractivity (Wildman–Crippen MR) is 133 cm³/mol. The number of hydrogen-bond acceptors (Lipinski definition) is 4. The van der Waals surface area contributed by atoms with Gasteiger partial charge in [0, 0.05) is 36.6 Å². The molecule has 0 bridgehead atoms. The van der Waals surface area contributed by atoms with Crippen LogP contribution in [0.15, 0.2) is 48.5 Å². The van der Waals surface area contributed by atoms with Crippen molar-refractivity contribution in [1.29, 1.82) is 0 Å². The normalized spacial score (nSPS) is 12.1. The maximum atomic E-state index is 14.3. The minimum atomic E-state index is -3.59. The lowest BCUT2D eigenvalue weighted by molar-refractivity contribution is -0.140. The first-order valence-corrected chi connectivity index (χ1v) is 13.3. The molecule has 1 N–H and O–H groups in total. The van der Waals surface area contributed by atoms with Crippen LogP contribution in [0, 0.1) is 5.82 Å². The third-order valence-electron chi connectivity index (χ3n) is 5.28. The van der Waals surface area contributed by atoms with Crippen molar-refractivity contribution >= 4 is 39.1 Å². The number of nitrogens with zero attached hydrogens (tertiary/aromatic N) is 2. The van der Waals surface area contributed by atoms with Gasteiger partial charge >= 0.3 is 0 Å². The van der Waals surface area contributed by atoms with Gasteiger partial charge in [-0.25, -0.2) is 12.8 Å². The highest BCUT2D eigenvalue weighted by Gasteiger charge is 2.27. The monoisotopic (exact) mass is 511 g/mol. The first-order valence-electron chi connectivity index (χ1n) is 11.1. The van der Waals surface area contributed by atoms with Gasteiger partial charge in [-0.1, -0.05) is 36.7 Å². The molecule has 0 aliphatic heterocycles. The average Bonchev–Trinajstić information content (AvgIpc) is 2.79. The third kappa shape index (κ3) is 7.99. The zero-order valence-electron chi connectivity index (χ0n) is 19.6. The first-order chi connectivity index (χ1) is 16.0. The molecule has 2 aromatic carbocycles. The molecule has 2 aromatic rings. The highest BCUT2D eigenvalue weighted by molar-refractivity contribution is 7.92. The predicted octanol–water partition coefficient (Wildman–Crippen LogP) is 3.97. The topological polar surface area (TPSA) is 86.8 Å². The molecule has 0 heterocycles. The summed E-state index contributed by atoms with van der Waals surface area (Å²) in [7, 11) is -3.59. The van der Waals surface area contributed by atoms with Crippen LogP contribution in [0.25, 0.3) is 0 Å². The minimum absolute atomic E-state index is 0.0144. The minimum Gasteiger partial charge on any atom is -0.354 e. The Balaban J connectivity index is 2.15. The van der Waals surface area contributed by atoms with Crippen LogP contribution in [0.1, 0.15) is 38.7 Å².